The van der Waals surface area contributed by atoms with Crippen LogP contribution in [0.25, 0.3) is 0 Å². The molecule has 0 aromatic heterocycles. The van der Waals surface area contributed by atoms with Gasteiger partial charge in [-0.2, -0.15) is 13.5 Å². The average molecular weight is 388 g/mol. The fraction of sp³-hybridized carbons (Fsp3) is 0.476. The highest BCUT2D eigenvalue weighted by molar-refractivity contribution is 7.59. The van der Waals surface area contributed by atoms with Gasteiger partial charge in [-0.25, -0.2) is 0 Å². The molecule has 1 atom stereocenters. The molecule has 0 spiro atoms. The van der Waals surface area contributed by atoms with E-state index in [0.717, 1.165) is 43.7 Å². The van der Waals surface area contributed by atoms with Crippen LogP contribution in [0.15, 0.2) is 24.3 Å². The summed E-state index contributed by atoms with van der Waals surface area (Å²) in [5.74, 6) is 9.33. The third-order valence-electron chi connectivity index (χ3n) is 4.11. The van der Waals surface area contributed by atoms with Crippen LogP contribution in [0, 0.1) is 24.2 Å². The van der Waals surface area contributed by atoms with Crippen molar-refractivity contribution in [2.45, 2.75) is 44.2 Å². The Morgan fingerprint density at radius 2 is 2.19 bits per heavy atom. The maximum Gasteiger partial charge on any atom is 0.237 e. The standard InChI is InChI=1S/C21H27N3O2.H2S/c1-2-7-20(22)21(25)24-13-5-3-4-8-17-9-6-10-19(16-17)26-18-11-14-23-15-12-18;/h1,6,9-10,16,18,20,23H,3,5,7,11-15,22H2,(H,24,25);1H2/t20-;/m0./s1. The molecule has 0 radical (unpaired) electrons. The number of hydrogen-bond acceptors (Lipinski definition) is 4. The number of unbranched alkanes of at least 4 members (excludes halogenated alkanes) is 1. The lowest BCUT2D eigenvalue weighted by atomic mass is 10.1. The smallest absolute Gasteiger partial charge is 0.237 e. The molecule has 1 aromatic carbocycles. The van der Waals surface area contributed by atoms with Crippen molar-refractivity contribution in [3.8, 4) is 29.9 Å². The molecule has 1 aliphatic rings. The predicted molar refractivity (Wildman–Crippen MR) is 114 cm³/mol. The molecule has 4 N–H and O–H groups in total. The lowest BCUT2D eigenvalue weighted by Crippen LogP contribution is -2.40. The second-order valence-corrected chi connectivity index (χ2v) is 6.31. The molecule has 146 valence electrons. The van der Waals surface area contributed by atoms with Crippen molar-refractivity contribution >= 4 is 19.4 Å². The molecule has 1 amide bonds. The van der Waals surface area contributed by atoms with Gasteiger partial charge < -0.3 is 21.1 Å². The summed E-state index contributed by atoms with van der Waals surface area (Å²) in [6, 6.07) is 7.27. The topological polar surface area (TPSA) is 76.4 Å². The molecule has 2 rings (SSSR count). The van der Waals surface area contributed by atoms with Gasteiger partial charge in [0.2, 0.25) is 5.91 Å². The van der Waals surface area contributed by atoms with E-state index in [1.165, 1.54) is 0 Å². The highest BCUT2D eigenvalue weighted by atomic mass is 32.1. The maximum atomic E-state index is 11.6. The van der Waals surface area contributed by atoms with Crippen molar-refractivity contribution < 1.29 is 9.53 Å². The maximum absolute atomic E-state index is 11.6. The fourth-order valence-electron chi connectivity index (χ4n) is 2.66. The zero-order valence-corrected chi connectivity index (χ0v) is 16.6. The SMILES string of the molecule is C#CC[C@H](N)C(=O)NCCCC#Cc1cccc(OC2CCNCC2)c1.S. The fourth-order valence-corrected chi connectivity index (χ4v) is 2.66. The van der Waals surface area contributed by atoms with Crippen molar-refractivity contribution in [1.82, 2.24) is 10.6 Å². The second kappa shape index (κ2) is 13.1. The number of benzene rings is 1. The van der Waals surface area contributed by atoms with Gasteiger partial charge in [0.15, 0.2) is 0 Å². The minimum atomic E-state index is -0.631. The Morgan fingerprint density at radius 3 is 2.93 bits per heavy atom. The van der Waals surface area contributed by atoms with E-state index in [9.17, 15) is 4.79 Å². The van der Waals surface area contributed by atoms with Crippen LogP contribution in [0.5, 0.6) is 5.75 Å². The van der Waals surface area contributed by atoms with Crippen molar-refractivity contribution in [3.05, 3.63) is 29.8 Å². The van der Waals surface area contributed by atoms with Crippen LogP contribution in [0.4, 0.5) is 0 Å². The van der Waals surface area contributed by atoms with Crippen molar-refractivity contribution in [2.75, 3.05) is 19.6 Å². The van der Waals surface area contributed by atoms with Crippen LogP contribution in [0.3, 0.4) is 0 Å². The van der Waals surface area contributed by atoms with Crippen LogP contribution >= 0.6 is 13.5 Å². The third kappa shape index (κ3) is 8.88. The molecule has 0 bridgehead atoms. The Bertz CT molecular complexity index is 685. The highest BCUT2D eigenvalue weighted by Gasteiger charge is 2.14. The summed E-state index contributed by atoms with van der Waals surface area (Å²) in [6.45, 7) is 2.56. The number of piperidine rings is 1. The molecule has 1 aliphatic heterocycles. The summed E-state index contributed by atoms with van der Waals surface area (Å²) >= 11 is 0. The molecule has 6 heteroatoms. The number of hydrogen-bond donors (Lipinski definition) is 3. The monoisotopic (exact) mass is 387 g/mol. The van der Waals surface area contributed by atoms with Crippen LogP contribution < -0.4 is 21.1 Å². The molecule has 1 heterocycles. The second-order valence-electron chi connectivity index (χ2n) is 6.31. The Hall–Kier alpha value is -2.12. The van der Waals surface area contributed by atoms with Gasteiger partial charge in [0.1, 0.15) is 11.9 Å². The summed E-state index contributed by atoms with van der Waals surface area (Å²) in [7, 11) is 0. The predicted octanol–water partition coefficient (Wildman–Crippen LogP) is 1.53. The first-order valence-electron chi connectivity index (χ1n) is 9.12. The van der Waals surface area contributed by atoms with E-state index < -0.39 is 6.04 Å². The molecular formula is C21H29N3O2S. The van der Waals surface area contributed by atoms with E-state index in [1.807, 2.05) is 24.3 Å². The van der Waals surface area contributed by atoms with Crippen molar-refractivity contribution in [1.29, 1.82) is 0 Å². The number of nitrogens with two attached hydrogens (primary N) is 1. The third-order valence-corrected chi connectivity index (χ3v) is 4.11. The zero-order valence-electron chi connectivity index (χ0n) is 15.6. The minimum Gasteiger partial charge on any atom is -0.490 e. The lowest BCUT2D eigenvalue weighted by Gasteiger charge is -2.23. The number of nitrogens with one attached hydrogen (secondary N) is 2. The Labute approximate surface area is 169 Å². The number of ether oxygens (including phenoxy) is 1. The quantitative estimate of drug-likeness (QED) is 0.490. The molecule has 5 nitrogen and oxygen atoms in total. The number of carbonyl (C=O) groups excluding carboxylic acids is 1. The first kappa shape index (κ1) is 22.9. The highest BCUT2D eigenvalue weighted by Crippen LogP contribution is 2.17. The molecule has 1 fully saturated rings. The van der Waals surface area contributed by atoms with Gasteiger partial charge in [0, 0.05) is 24.9 Å². The van der Waals surface area contributed by atoms with E-state index in [1.54, 1.807) is 0 Å². The average Bonchev–Trinajstić information content (AvgIpc) is 2.65. The largest absolute Gasteiger partial charge is 0.490 e. The molecule has 0 unspecified atom stereocenters. The number of amides is 1. The lowest BCUT2D eigenvalue weighted by molar-refractivity contribution is -0.122. The summed E-state index contributed by atoms with van der Waals surface area (Å²) in [5.41, 5.74) is 6.57. The number of terminal acetylenes is 1. The van der Waals surface area contributed by atoms with E-state index in [-0.39, 0.29) is 31.9 Å². The molecular weight excluding hydrogens is 358 g/mol. The van der Waals surface area contributed by atoms with Crippen LogP contribution in [0.1, 0.15) is 37.7 Å². The summed E-state index contributed by atoms with van der Waals surface area (Å²) in [6.07, 6.45) is 9.21. The number of rotatable bonds is 7. The van der Waals surface area contributed by atoms with Gasteiger partial charge >= 0.3 is 0 Å². The first-order valence-corrected chi connectivity index (χ1v) is 9.12. The van der Waals surface area contributed by atoms with E-state index in [4.69, 9.17) is 16.9 Å². The van der Waals surface area contributed by atoms with Gasteiger partial charge in [0.05, 0.1) is 6.04 Å². The van der Waals surface area contributed by atoms with E-state index in [0.29, 0.717) is 13.0 Å². The number of carbonyl (C=O) groups is 1. The van der Waals surface area contributed by atoms with Gasteiger partial charge in [-0.1, -0.05) is 17.9 Å². The van der Waals surface area contributed by atoms with E-state index >= 15 is 0 Å². The van der Waals surface area contributed by atoms with Crippen LogP contribution in [-0.2, 0) is 4.79 Å². The van der Waals surface area contributed by atoms with Gasteiger partial charge in [-0.05, 0) is 50.6 Å². The molecule has 1 saturated heterocycles. The molecule has 1 aromatic rings. The summed E-state index contributed by atoms with van der Waals surface area (Å²) in [5, 5.41) is 6.10. The molecule has 0 aliphatic carbocycles. The van der Waals surface area contributed by atoms with Crippen molar-refractivity contribution in [3.63, 3.8) is 0 Å². The van der Waals surface area contributed by atoms with Gasteiger partial charge in [-0.3, -0.25) is 4.79 Å². The van der Waals surface area contributed by atoms with Crippen molar-refractivity contribution in [2.24, 2.45) is 5.73 Å². The van der Waals surface area contributed by atoms with Crippen LogP contribution in [0.2, 0.25) is 0 Å². The first-order chi connectivity index (χ1) is 12.7. The molecule has 0 saturated carbocycles. The summed E-state index contributed by atoms with van der Waals surface area (Å²) in [4.78, 5) is 11.6. The Morgan fingerprint density at radius 1 is 1.41 bits per heavy atom. The normalized spacial score (nSPS) is 14.7. The summed E-state index contributed by atoms with van der Waals surface area (Å²) < 4.78 is 6.03. The Balaban J connectivity index is 0.00000364. The van der Waals surface area contributed by atoms with E-state index in [2.05, 4.69) is 28.4 Å². The van der Waals surface area contributed by atoms with Gasteiger partial charge in [0.25, 0.3) is 0 Å². The zero-order chi connectivity index (χ0) is 18.6. The Kier molecular flexibility index (Phi) is 11.1. The van der Waals surface area contributed by atoms with Gasteiger partial charge in [-0.15, -0.1) is 12.3 Å². The minimum absolute atomic E-state index is 0. The van der Waals surface area contributed by atoms with Crippen LogP contribution in [-0.4, -0.2) is 37.7 Å². The molecule has 27 heavy (non-hydrogen) atoms.